The second-order valence-electron chi connectivity index (χ2n) is 9.83. The number of nitrogens with one attached hydrogen (secondary N) is 1. The van der Waals surface area contributed by atoms with Crippen molar-refractivity contribution in [3.05, 3.63) is 101 Å². The highest BCUT2D eigenvalue weighted by molar-refractivity contribution is 5.88. The molecule has 0 aliphatic carbocycles. The van der Waals surface area contributed by atoms with Crippen molar-refractivity contribution >= 4 is 11.8 Å². The fraction of sp³-hybridized carbons (Fsp3) is 0.333. The van der Waals surface area contributed by atoms with E-state index in [0.717, 1.165) is 16.7 Å². The largest absolute Gasteiger partial charge is 0.484 e. The van der Waals surface area contributed by atoms with Gasteiger partial charge in [0, 0.05) is 20.0 Å². The first-order valence-corrected chi connectivity index (χ1v) is 12.0. The van der Waals surface area contributed by atoms with Crippen LogP contribution in [0.25, 0.3) is 0 Å². The van der Waals surface area contributed by atoms with Gasteiger partial charge in [-0.3, -0.25) is 9.59 Å². The van der Waals surface area contributed by atoms with Crippen LogP contribution in [0.4, 0.5) is 0 Å². The molecule has 0 heterocycles. The smallest absolute Gasteiger partial charge is 0.261 e. The molecule has 0 saturated carbocycles. The fourth-order valence-electron chi connectivity index (χ4n) is 3.97. The molecule has 2 amide bonds. The molecule has 0 radical (unpaired) electrons. The standard InChI is InChI=1S/C30H36N2O3/c1-22-11-9-10-14-24(22)20-32(27(29(34)31-5)19-23-12-7-6-8-13-23)28(33)21-35-26-17-15-25(16-18-26)30(2,3)4/h6-18,27H,19-21H2,1-5H3,(H,31,34). The van der Waals surface area contributed by atoms with Crippen LogP contribution in [0.2, 0.25) is 0 Å². The molecule has 5 nitrogen and oxygen atoms in total. The van der Waals surface area contributed by atoms with E-state index in [2.05, 4.69) is 26.1 Å². The third kappa shape index (κ3) is 7.19. The lowest BCUT2D eigenvalue weighted by Gasteiger charge is -2.31. The number of hydrogen-bond donors (Lipinski definition) is 1. The highest BCUT2D eigenvalue weighted by Crippen LogP contribution is 2.24. The minimum Gasteiger partial charge on any atom is -0.484 e. The Morgan fingerprint density at radius 1 is 0.914 bits per heavy atom. The Morgan fingerprint density at radius 2 is 1.54 bits per heavy atom. The molecule has 3 rings (SSSR count). The number of amides is 2. The predicted molar refractivity (Wildman–Crippen MR) is 140 cm³/mol. The van der Waals surface area contributed by atoms with Crippen molar-refractivity contribution in [2.24, 2.45) is 0 Å². The lowest BCUT2D eigenvalue weighted by atomic mass is 9.87. The molecule has 1 unspecified atom stereocenters. The molecule has 3 aromatic rings. The summed E-state index contributed by atoms with van der Waals surface area (Å²) < 4.78 is 5.88. The van der Waals surface area contributed by atoms with Gasteiger partial charge in [0.1, 0.15) is 11.8 Å². The van der Waals surface area contributed by atoms with Crippen LogP contribution >= 0.6 is 0 Å². The fourth-order valence-corrected chi connectivity index (χ4v) is 3.97. The molecule has 0 spiro atoms. The molecule has 0 aromatic heterocycles. The van der Waals surface area contributed by atoms with Crippen molar-refractivity contribution in [2.45, 2.75) is 52.1 Å². The van der Waals surface area contributed by atoms with Crippen molar-refractivity contribution in [3.63, 3.8) is 0 Å². The summed E-state index contributed by atoms with van der Waals surface area (Å²) in [5, 5.41) is 2.74. The van der Waals surface area contributed by atoms with Gasteiger partial charge in [0.2, 0.25) is 5.91 Å². The van der Waals surface area contributed by atoms with Crippen LogP contribution in [-0.4, -0.2) is 36.4 Å². The summed E-state index contributed by atoms with van der Waals surface area (Å²) in [7, 11) is 1.60. The normalized spacial score (nSPS) is 12.0. The molecule has 1 atom stereocenters. The van der Waals surface area contributed by atoms with Crippen LogP contribution in [0.5, 0.6) is 5.75 Å². The van der Waals surface area contributed by atoms with Gasteiger partial charge in [-0.05, 0) is 46.7 Å². The van der Waals surface area contributed by atoms with Crippen LogP contribution in [0.1, 0.15) is 43.0 Å². The zero-order chi connectivity index (χ0) is 25.4. The van der Waals surface area contributed by atoms with Gasteiger partial charge in [-0.2, -0.15) is 0 Å². The highest BCUT2D eigenvalue weighted by atomic mass is 16.5. The highest BCUT2D eigenvalue weighted by Gasteiger charge is 2.30. The van der Waals surface area contributed by atoms with E-state index in [4.69, 9.17) is 4.74 Å². The molecule has 0 aliphatic rings. The summed E-state index contributed by atoms with van der Waals surface area (Å²) in [4.78, 5) is 28.2. The van der Waals surface area contributed by atoms with Gasteiger partial charge in [-0.15, -0.1) is 0 Å². The maximum atomic E-state index is 13.5. The topological polar surface area (TPSA) is 58.6 Å². The van der Waals surface area contributed by atoms with E-state index >= 15 is 0 Å². The summed E-state index contributed by atoms with van der Waals surface area (Å²) in [5.41, 5.74) is 4.29. The van der Waals surface area contributed by atoms with Crippen LogP contribution in [0.15, 0.2) is 78.9 Å². The van der Waals surface area contributed by atoms with Crippen LogP contribution < -0.4 is 10.1 Å². The number of hydrogen-bond acceptors (Lipinski definition) is 3. The van der Waals surface area contributed by atoms with Crippen molar-refractivity contribution in [1.29, 1.82) is 0 Å². The van der Waals surface area contributed by atoms with Gasteiger partial charge in [-0.25, -0.2) is 0 Å². The Bertz CT molecular complexity index is 1120. The number of nitrogens with zero attached hydrogens (tertiary/aromatic N) is 1. The van der Waals surface area contributed by atoms with E-state index in [-0.39, 0.29) is 23.8 Å². The molecular formula is C30H36N2O3. The van der Waals surface area contributed by atoms with Gasteiger partial charge in [-0.1, -0.05) is 87.5 Å². The van der Waals surface area contributed by atoms with Gasteiger partial charge in [0.25, 0.3) is 5.91 Å². The second-order valence-corrected chi connectivity index (χ2v) is 9.83. The number of likely N-dealkylation sites (N-methyl/N-ethyl adjacent to an activating group) is 1. The van der Waals surface area contributed by atoms with Crippen molar-refractivity contribution < 1.29 is 14.3 Å². The number of carbonyl (C=O) groups is 2. The minimum atomic E-state index is -0.665. The molecular weight excluding hydrogens is 436 g/mol. The Labute approximate surface area is 209 Å². The first kappa shape index (κ1) is 26.0. The summed E-state index contributed by atoms with van der Waals surface area (Å²) in [6.45, 7) is 8.65. The predicted octanol–water partition coefficient (Wildman–Crippen LogP) is 5.06. The maximum absolute atomic E-state index is 13.5. The summed E-state index contributed by atoms with van der Waals surface area (Å²) in [5.74, 6) is 0.185. The molecule has 0 fully saturated rings. The Kier molecular flexibility index (Phi) is 8.69. The number of rotatable bonds is 9. The average molecular weight is 473 g/mol. The van der Waals surface area contributed by atoms with Crippen LogP contribution in [-0.2, 0) is 28.0 Å². The monoisotopic (exact) mass is 472 g/mol. The average Bonchev–Trinajstić information content (AvgIpc) is 2.85. The third-order valence-corrected chi connectivity index (χ3v) is 6.20. The van der Waals surface area contributed by atoms with Crippen LogP contribution in [0.3, 0.4) is 0 Å². The van der Waals surface area contributed by atoms with Crippen molar-refractivity contribution in [3.8, 4) is 5.75 Å². The van der Waals surface area contributed by atoms with Gasteiger partial charge in [0.05, 0.1) is 0 Å². The van der Waals surface area contributed by atoms with E-state index in [0.29, 0.717) is 18.7 Å². The van der Waals surface area contributed by atoms with Gasteiger partial charge >= 0.3 is 0 Å². The van der Waals surface area contributed by atoms with Gasteiger partial charge in [0.15, 0.2) is 6.61 Å². The quantitative estimate of drug-likeness (QED) is 0.474. The second kappa shape index (κ2) is 11.7. The summed E-state index contributed by atoms with van der Waals surface area (Å²) in [6.07, 6.45) is 0.415. The van der Waals surface area contributed by atoms with Crippen molar-refractivity contribution in [1.82, 2.24) is 10.2 Å². The zero-order valence-electron chi connectivity index (χ0n) is 21.4. The molecule has 184 valence electrons. The van der Waals surface area contributed by atoms with Crippen molar-refractivity contribution in [2.75, 3.05) is 13.7 Å². The Morgan fingerprint density at radius 3 is 2.14 bits per heavy atom. The molecule has 35 heavy (non-hydrogen) atoms. The number of benzene rings is 3. The number of ether oxygens (including phenoxy) is 1. The first-order valence-electron chi connectivity index (χ1n) is 12.0. The van der Waals surface area contributed by atoms with E-state index in [1.54, 1.807) is 11.9 Å². The van der Waals surface area contributed by atoms with E-state index in [1.165, 1.54) is 5.56 Å². The lowest BCUT2D eigenvalue weighted by molar-refractivity contribution is -0.142. The molecule has 0 bridgehead atoms. The summed E-state index contributed by atoms with van der Waals surface area (Å²) in [6, 6.07) is 24.8. The molecule has 3 aromatic carbocycles. The van der Waals surface area contributed by atoms with Gasteiger partial charge < -0.3 is 15.0 Å². The molecule has 1 N–H and O–H groups in total. The number of carbonyl (C=O) groups excluding carboxylic acids is 2. The SMILES string of the molecule is CNC(=O)C(Cc1ccccc1)N(Cc1ccccc1C)C(=O)COc1ccc(C(C)(C)C)cc1. The molecule has 5 heteroatoms. The number of aryl methyl sites for hydroxylation is 1. The first-order chi connectivity index (χ1) is 16.7. The summed E-state index contributed by atoms with van der Waals surface area (Å²) >= 11 is 0. The van der Waals surface area contributed by atoms with E-state index in [1.807, 2.05) is 85.8 Å². The molecule has 0 saturated heterocycles. The molecule has 0 aliphatic heterocycles. The Hall–Kier alpha value is -3.60. The lowest BCUT2D eigenvalue weighted by Crippen LogP contribution is -2.51. The van der Waals surface area contributed by atoms with E-state index in [9.17, 15) is 9.59 Å². The Balaban J connectivity index is 1.85. The zero-order valence-corrected chi connectivity index (χ0v) is 21.4. The van der Waals surface area contributed by atoms with Crippen LogP contribution in [0, 0.1) is 6.92 Å². The van der Waals surface area contributed by atoms with E-state index < -0.39 is 6.04 Å². The third-order valence-electron chi connectivity index (χ3n) is 6.20. The maximum Gasteiger partial charge on any atom is 0.261 e. The minimum absolute atomic E-state index is 0.0386.